The molecular weight excluding hydrogens is 318 g/mol. The van der Waals surface area contributed by atoms with Crippen molar-refractivity contribution in [2.24, 2.45) is 0 Å². The highest BCUT2D eigenvalue weighted by Gasteiger charge is 2.12. The van der Waals surface area contributed by atoms with Gasteiger partial charge in [0.2, 0.25) is 5.82 Å². The Morgan fingerprint density at radius 3 is 2.36 bits per heavy atom. The van der Waals surface area contributed by atoms with Gasteiger partial charge in [-0.05, 0) is 35.5 Å². The minimum atomic E-state index is 0.00989. The summed E-state index contributed by atoms with van der Waals surface area (Å²) >= 11 is 0. The van der Waals surface area contributed by atoms with Gasteiger partial charge in [-0.2, -0.15) is 0 Å². The highest BCUT2D eigenvalue weighted by atomic mass is 16.3. The Bertz CT molecular complexity index is 1030. The predicted molar refractivity (Wildman–Crippen MR) is 91.2 cm³/mol. The van der Waals surface area contributed by atoms with Gasteiger partial charge in [0.25, 0.3) is 0 Å². The van der Waals surface area contributed by atoms with Crippen molar-refractivity contribution in [1.82, 2.24) is 25.2 Å². The maximum Gasteiger partial charge on any atom is 0.223 e. The smallest absolute Gasteiger partial charge is 0.223 e. The molecule has 25 heavy (non-hydrogen) atoms. The highest BCUT2D eigenvalue weighted by molar-refractivity contribution is 5.76. The van der Waals surface area contributed by atoms with Crippen molar-refractivity contribution in [1.29, 1.82) is 0 Å². The van der Waals surface area contributed by atoms with Gasteiger partial charge in [-0.3, -0.25) is 4.98 Å². The first-order valence-electron chi connectivity index (χ1n) is 7.55. The van der Waals surface area contributed by atoms with Crippen LogP contribution >= 0.6 is 0 Å². The van der Waals surface area contributed by atoms with E-state index in [2.05, 4.69) is 20.4 Å². The number of tetrazole rings is 1. The van der Waals surface area contributed by atoms with Crippen LogP contribution in [0.5, 0.6) is 11.5 Å². The zero-order valence-corrected chi connectivity index (χ0v) is 13.0. The number of phenols is 2. The molecule has 122 valence electrons. The Morgan fingerprint density at radius 2 is 1.60 bits per heavy atom. The van der Waals surface area contributed by atoms with Gasteiger partial charge in [0.05, 0.1) is 5.69 Å². The molecule has 0 spiro atoms. The molecule has 4 rings (SSSR count). The summed E-state index contributed by atoms with van der Waals surface area (Å²) in [6, 6.07) is 17.2. The van der Waals surface area contributed by atoms with Crippen molar-refractivity contribution in [2.45, 2.75) is 0 Å². The Hall–Kier alpha value is -3.74. The minimum absolute atomic E-state index is 0.00989. The fourth-order valence-corrected chi connectivity index (χ4v) is 2.49. The van der Waals surface area contributed by atoms with Crippen molar-refractivity contribution in [3.63, 3.8) is 0 Å². The normalized spacial score (nSPS) is 10.7. The number of para-hydroxylation sites is 1. The number of aromatic nitrogens is 5. The molecule has 2 heterocycles. The molecule has 2 aromatic heterocycles. The van der Waals surface area contributed by atoms with Crippen molar-refractivity contribution in [2.75, 3.05) is 0 Å². The van der Waals surface area contributed by atoms with Crippen LogP contribution in [-0.4, -0.2) is 35.4 Å². The Morgan fingerprint density at radius 1 is 0.800 bits per heavy atom. The van der Waals surface area contributed by atoms with Crippen LogP contribution in [0.15, 0.2) is 66.9 Å². The topological polar surface area (TPSA) is 97.0 Å². The average molecular weight is 331 g/mol. The molecule has 0 aliphatic carbocycles. The number of nitrogens with zero attached hydrogens (tertiary/aromatic N) is 5. The van der Waals surface area contributed by atoms with Crippen molar-refractivity contribution in [3.05, 3.63) is 66.9 Å². The lowest BCUT2D eigenvalue weighted by atomic mass is 10.0. The van der Waals surface area contributed by atoms with E-state index < -0.39 is 0 Å². The van der Waals surface area contributed by atoms with E-state index in [0.29, 0.717) is 28.3 Å². The second kappa shape index (κ2) is 6.04. The van der Waals surface area contributed by atoms with Crippen LogP contribution in [0.3, 0.4) is 0 Å². The fourth-order valence-electron chi connectivity index (χ4n) is 2.49. The van der Waals surface area contributed by atoms with Crippen molar-refractivity contribution >= 4 is 0 Å². The molecule has 0 fully saturated rings. The average Bonchev–Trinajstić information content (AvgIpc) is 3.13. The number of pyridine rings is 1. The Labute approximate surface area is 142 Å². The van der Waals surface area contributed by atoms with E-state index in [-0.39, 0.29) is 11.5 Å². The summed E-state index contributed by atoms with van der Waals surface area (Å²) in [6.07, 6.45) is 1.66. The SMILES string of the molecule is Oc1ccccc1-c1ccc(-n2nnc(-c3ccccn3)n2)cc1O. The molecule has 0 aliphatic rings. The fraction of sp³-hybridized carbons (Fsp3) is 0. The summed E-state index contributed by atoms with van der Waals surface area (Å²) in [7, 11) is 0. The minimum Gasteiger partial charge on any atom is -0.507 e. The van der Waals surface area contributed by atoms with Crippen LogP contribution in [0.4, 0.5) is 0 Å². The molecular formula is C18H13N5O2. The molecule has 0 bridgehead atoms. The molecule has 2 N–H and O–H groups in total. The maximum atomic E-state index is 10.3. The first-order valence-corrected chi connectivity index (χ1v) is 7.55. The van der Waals surface area contributed by atoms with E-state index in [0.717, 1.165) is 0 Å². The van der Waals surface area contributed by atoms with Gasteiger partial charge < -0.3 is 10.2 Å². The molecule has 2 aromatic carbocycles. The molecule has 0 atom stereocenters. The molecule has 0 radical (unpaired) electrons. The second-order valence-electron chi connectivity index (χ2n) is 5.34. The van der Waals surface area contributed by atoms with Gasteiger partial charge >= 0.3 is 0 Å². The molecule has 0 saturated heterocycles. The van der Waals surface area contributed by atoms with E-state index in [9.17, 15) is 10.2 Å². The van der Waals surface area contributed by atoms with Crippen LogP contribution < -0.4 is 0 Å². The zero-order chi connectivity index (χ0) is 17.2. The third-order valence-corrected chi connectivity index (χ3v) is 3.71. The van der Waals surface area contributed by atoms with Gasteiger partial charge in [-0.15, -0.1) is 15.0 Å². The number of hydrogen-bond acceptors (Lipinski definition) is 6. The van der Waals surface area contributed by atoms with Gasteiger partial charge in [0.15, 0.2) is 0 Å². The Balaban J connectivity index is 1.70. The number of hydrogen-bond donors (Lipinski definition) is 2. The molecule has 0 amide bonds. The highest BCUT2D eigenvalue weighted by Crippen LogP contribution is 2.35. The molecule has 0 saturated carbocycles. The van der Waals surface area contributed by atoms with E-state index in [4.69, 9.17) is 0 Å². The van der Waals surface area contributed by atoms with E-state index in [1.807, 2.05) is 12.1 Å². The summed E-state index contributed by atoms with van der Waals surface area (Å²) in [4.78, 5) is 5.50. The quantitative estimate of drug-likeness (QED) is 0.599. The van der Waals surface area contributed by atoms with Crippen LogP contribution in [-0.2, 0) is 0 Å². The van der Waals surface area contributed by atoms with Crippen molar-refractivity contribution in [3.8, 4) is 39.8 Å². The monoisotopic (exact) mass is 331 g/mol. The van der Waals surface area contributed by atoms with Crippen LogP contribution in [0.25, 0.3) is 28.3 Å². The lowest BCUT2D eigenvalue weighted by Gasteiger charge is -2.08. The Kier molecular flexibility index (Phi) is 3.59. The number of phenolic OH excluding ortho intramolecular Hbond substituents is 2. The van der Waals surface area contributed by atoms with E-state index in [1.165, 1.54) is 10.9 Å². The molecule has 4 aromatic rings. The lowest BCUT2D eigenvalue weighted by molar-refractivity contribution is 0.468. The predicted octanol–water partition coefficient (Wildman–Crippen LogP) is 2.80. The van der Waals surface area contributed by atoms with Crippen LogP contribution in [0.1, 0.15) is 0 Å². The zero-order valence-electron chi connectivity index (χ0n) is 13.0. The number of rotatable bonds is 3. The third-order valence-electron chi connectivity index (χ3n) is 3.71. The lowest BCUT2D eigenvalue weighted by Crippen LogP contribution is -1.99. The summed E-state index contributed by atoms with van der Waals surface area (Å²) < 4.78 is 0. The van der Waals surface area contributed by atoms with E-state index >= 15 is 0 Å². The molecule has 7 nitrogen and oxygen atoms in total. The van der Waals surface area contributed by atoms with Gasteiger partial charge in [-0.1, -0.05) is 24.3 Å². The first kappa shape index (κ1) is 14.8. The molecule has 0 unspecified atom stereocenters. The standard InChI is InChI=1S/C18H13N5O2/c24-16-7-2-1-5-13(16)14-9-8-12(11-17(14)25)23-21-18(20-22-23)15-6-3-4-10-19-15/h1-11,24-25H. The summed E-state index contributed by atoms with van der Waals surface area (Å²) in [5.41, 5.74) is 2.23. The molecule has 0 aliphatic heterocycles. The van der Waals surface area contributed by atoms with Crippen LogP contribution in [0, 0.1) is 0 Å². The number of benzene rings is 2. The maximum absolute atomic E-state index is 10.3. The third kappa shape index (κ3) is 2.78. The van der Waals surface area contributed by atoms with E-state index in [1.54, 1.807) is 48.7 Å². The van der Waals surface area contributed by atoms with Gasteiger partial charge in [0, 0.05) is 23.4 Å². The first-order chi connectivity index (χ1) is 12.2. The van der Waals surface area contributed by atoms with Gasteiger partial charge in [0.1, 0.15) is 17.2 Å². The molecule has 7 heteroatoms. The summed E-state index contributed by atoms with van der Waals surface area (Å²) in [5, 5.41) is 32.6. The second-order valence-corrected chi connectivity index (χ2v) is 5.34. The summed E-state index contributed by atoms with van der Waals surface area (Å²) in [5.74, 6) is 0.502. The largest absolute Gasteiger partial charge is 0.507 e. The number of aromatic hydroxyl groups is 2. The van der Waals surface area contributed by atoms with Gasteiger partial charge in [-0.25, -0.2) is 0 Å². The van der Waals surface area contributed by atoms with Crippen LogP contribution in [0.2, 0.25) is 0 Å². The summed E-state index contributed by atoms with van der Waals surface area (Å²) in [6.45, 7) is 0. The van der Waals surface area contributed by atoms with Crippen molar-refractivity contribution < 1.29 is 10.2 Å².